The molecule has 1 aromatic carbocycles. The van der Waals surface area contributed by atoms with E-state index in [2.05, 4.69) is 10.3 Å². The first-order valence-electron chi connectivity index (χ1n) is 9.09. The summed E-state index contributed by atoms with van der Waals surface area (Å²) in [6.07, 6.45) is 2.73. The van der Waals surface area contributed by atoms with E-state index in [1.54, 1.807) is 13.0 Å². The average molecular weight is 385 g/mol. The van der Waals surface area contributed by atoms with Crippen molar-refractivity contribution in [2.24, 2.45) is 11.8 Å². The quantitative estimate of drug-likeness (QED) is 0.627. The Morgan fingerprint density at radius 1 is 1.32 bits per heavy atom. The monoisotopic (exact) mass is 385 g/mol. The summed E-state index contributed by atoms with van der Waals surface area (Å²) in [7, 11) is 0. The summed E-state index contributed by atoms with van der Waals surface area (Å²) in [5, 5.41) is 28.6. The zero-order valence-corrected chi connectivity index (χ0v) is 15.2. The molecule has 0 bridgehead atoms. The highest BCUT2D eigenvalue weighted by molar-refractivity contribution is 5.96. The Morgan fingerprint density at radius 2 is 2.11 bits per heavy atom. The van der Waals surface area contributed by atoms with E-state index in [1.807, 2.05) is 0 Å². The number of aromatic nitrogens is 3. The van der Waals surface area contributed by atoms with Crippen molar-refractivity contribution in [2.45, 2.75) is 32.2 Å². The predicted octanol–water partition coefficient (Wildman–Crippen LogP) is 1.81. The fourth-order valence-electron chi connectivity index (χ4n) is 4.48. The summed E-state index contributed by atoms with van der Waals surface area (Å²) < 4.78 is 1.35. The van der Waals surface area contributed by atoms with Crippen molar-refractivity contribution in [1.29, 1.82) is 0 Å². The van der Waals surface area contributed by atoms with Gasteiger partial charge in [-0.1, -0.05) is 17.7 Å². The normalized spacial score (nSPS) is 23.6. The Hall–Kier alpha value is -3.30. The zero-order chi connectivity index (χ0) is 20.0. The number of carbonyl (C=O) groups is 2. The molecular formula is C18H19N5O5. The fourth-order valence-corrected chi connectivity index (χ4v) is 4.48. The number of carbonyl (C=O) groups excluding carboxylic acids is 1. The number of hydrogen-bond donors (Lipinski definition) is 1. The van der Waals surface area contributed by atoms with E-state index < -0.39 is 22.8 Å². The number of carboxylic acids is 1. The minimum atomic E-state index is -0.994. The average Bonchev–Trinajstić information content (AvgIpc) is 3.34. The van der Waals surface area contributed by atoms with E-state index in [-0.39, 0.29) is 23.2 Å². The molecule has 28 heavy (non-hydrogen) atoms. The van der Waals surface area contributed by atoms with Crippen molar-refractivity contribution < 1.29 is 19.6 Å². The van der Waals surface area contributed by atoms with Crippen molar-refractivity contribution in [2.75, 3.05) is 6.54 Å². The zero-order valence-electron chi connectivity index (χ0n) is 15.2. The Morgan fingerprint density at radius 3 is 2.82 bits per heavy atom. The maximum Gasteiger partial charge on any atom is 0.326 e. The standard InChI is InChI=1S/C18H19N5O5/c1-10-15(19-20-22(10)12-5-3-6-13(8-12)23(27)28)17(24)21-9-11-4-2-7-14(11)16(21)18(25)26/h3,5-6,8,11,14,16H,2,4,7,9H2,1H3,(H,25,26). The molecular weight excluding hydrogens is 366 g/mol. The summed E-state index contributed by atoms with van der Waals surface area (Å²) in [6, 6.07) is 5.02. The molecule has 1 aliphatic heterocycles. The van der Waals surface area contributed by atoms with Crippen LogP contribution in [0.25, 0.3) is 5.69 Å². The summed E-state index contributed by atoms with van der Waals surface area (Å²) >= 11 is 0. The van der Waals surface area contributed by atoms with Crippen LogP contribution in [0.1, 0.15) is 35.4 Å². The second-order valence-corrected chi connectivity index (χ2v) is 7.31. The number of likely N-dealkylation sites (tertiary alicyclic amines) is 1. The van der Waals surface area contributed by atoms with Crippen molar-refractivity contribution in [3.63, 3.8) is 0 Å². The molecule has 0 spiro atoms. The molecule has 10 heteroatoms. The van der Waals surface area contributed by atoms with Crippen LogP contribution in [0.5, 0.6) is 0 Å². The van der Waals surface area contributed by atoms with Crippen LogP contribution in [0, 0.1) is 28.9 Å². The van der Waals surface area contributed by atoms with E-state index in [4.69, 9.17) is 0 Å². The highest BCUT2D eigenvalue weighted by Crippen LogP contribution is 2.42. The molecule has 1 aromatic heterocycles. The molecule has 1 N–H and O–H groups in total. The van der Waals surface area contributed by atoms with Gasteiger partial charge in [-0.3, -0.25) is 14.9 Å². The van der Waals surface area contributed by atoms with Crippen LogP contribution in [-0.4, -0.2) is 54.4 Å². The van der Waals surface area contributed by atoms with Gasteiger partial charge >= 0.3 is 5.97 Å². The van der Waals surface area contributed by atoms with Gasteiger partial charge in [0.1, 0.15) is 6.04 Å². The number of carboxylic acid groups (broad SMARTS) is 1. The highest BCUT2D eigenvalue weighted by atomic mass is 16.6. The fraction of sp³-hybridized carbons (Fsp3) is 0.444. The van der Waals surface area contributed by atoms with Crippen molar-refractivity contribution in [1.82, 2.24) is 19.9 Å². The largest absolute Gasteiger partial charge is 0.480 e. The van der Waals surface area contributed by atoms with Gasteiger partial charge in [0.2, 0.25) is 0 Å². The molecule has 1 saturated heterocycles. The van der Waals surface area contributed by atoms with Crippen LogP contribution in [0.15, 0.2) is 24.3 Å². The lowest BCUT2D eigenvalue weighted by Crippen LogP contribution is -2.43. The smallest absolute Gasteiger partial charge is 0.326 e. The molecule has 3 unspecified atom stereocenters. The lowest BCUT2D eigenvalue weighted by molar-refractivity contribution is -0.384. The molecule has 1 saturated carbocycles. The Labute approximate surface area is 159 Å². The number of fused-ring (bicyclic) bond motifs is 1. The lowest BCUT2D eigenvalue weighted by Gasteiger charge is -2.23. The first-order chi connectivity index (χ1) is 13.4. The van der Waals surface area contributed by atoms with Gasteiger partial charge in [0, 0.05) is 18.7 Å². The van der Waals surface area contributed by atoms with Gasteiger partial charge in [-0.2, -0.15) is 0 Å². The third-order valence-electron chi connectivity index (χ3n) is 5.79. The second kappa shape index (κ2) is 6.70. The first-order valence-corrected chi connectivity index (χ1v) is 9.09. The maximum atomic E-state index is 13.1. The predicted molar refractivity (Wildman–Crippen MR) is 96.0 cm³/mol. The van der Waals surface area contributed by atoms with Gasteiger partial charge in [0.15, 0.2) is 5.69 Å². The number of amides is 1. The number of aliphatic carboxylic acids is 1. The number of nitro groups is 1. The lowest BCUT2D eigenvalue weighted by atomic mass is 9.94. The number of rotatable bonds is 4. The van der Waals surface area contributed by atoms with Crippen LogP contribution in [0.2, 0.25) is 0 Å². The molecule has 3 atom stereocenters. The van der Waals surface area contributed by atoms with Crippen LogP contribution in [0.4, 0.5) is 5.69 Å². The van der Waals surface area contributed by atoms with Crippen LogP contribution < -0.4 is 0 Å². The molecule has 2 aromatic rings. The van der Waals surface area contributed by atoms with E-state index in [0.29, 0.717) is 17.9 Å². The number of non-ortho nitro benzene ring substituents is 1. The third kappa shape index (κ3) is 2.81. The van der Waals surface area contributed by atoms with Gasteiger partial charge in [-0.05, 0) is 37.7 Å². The molecule has 4 rings (SSSR count). The van der Waals surface area contributed by atoms with Crippen molar-refractivity contribution in [3.05, 3.63) is 45.8 Å². The Kier molecular flexibility index (Phi) is 4.33. The van der Waals surface area contributed by atoms with E-state index in [0.717, 1.165) is 19.3 Å². The number of hydrogen-bond acceptors (Lipinski definition) is 6. The summed E-state index contributed by atoms with van der Waals surface area (Å²) in [6.45, 7) is 2.04. The first kappa shape index (κ1) is 18.1. The minimum absolute atomic E-state index is 0.0198. The molecule has 2 aliphatic rings. The van der Waals surface area contributed by atoms with Gasteiger partial charge in [0.25, 0.3) is 11.6 Å². The van der Waals surface area contributed by atoms with Crippen LogP contribution in [-0.2, 0) is 4.79 Å². The highest BCUT2D eigenvalue weighted by Gasteiger charge is 2.50. The van der Waals surface area contributed by atoms with E-state index in [9.17, 15) is 24.8 Å². The molecule has 146 valence electrons. The minimum Gasteiger partial charge on any atom is -0.480 e. The summed E-state index contributed by atoms with van der Waals surface area (Å²) in [5.74, 6) is -1.27. The summed E-state index contributed by atoms with van der Waals surface area (Å²) in [5.41, 5.74) is 0.786. The number of benzene rings is 1. The van der Waals surface area contributed by atoms with Crippen LogP contribution in [0.3, 0.4) is 0 Å². The second-order valence-electron chi connectivity index (χ2n) is 7.31. The van der Waals surface area contributed by atoms with Crippen molar-refractivity contribution >= 4 is 17.6 Å². The van der Waals surface area contributed by atoms with Gasteiger partial charge < -0.3 is 10.0 Å². The number of nitrogens with zero attached hydrogens (tertiary/aromatic N) is 5. The SMILES string of the molecule is Cc1c(C(=O)N2CC3CCCC3C2C(=O)O)nnn1-c1cccc([N+](=O)[O-])c1. The van der Waals surface area contributed by atoms with Crippen molar-refractivity contribution in [3.8, 4) is 5.69 Å². The third-order valence-corrected chi connectivity index (χ3v) is 5.79. The molecule has 1 aliphatic carbocycles. The maximum absolute atomic E-state index is 13.1. The molecule has 2 fully saturated rings. The summed E-state index contributed by atoms with van der Waals surface area (Å²) in [4.78, 5) is 36.8. The molecule has 1 amide bonds. The van der Waals surface area contributed by atoms with E-state index >= 15 is 0 Å². The molecule has 10 nitrogen and oxygen atoms in total. The topological polar surface area (TPSA) is 131 Å². The van der Waals surface area contributed by atoms with Gasteiger partial charge in [0.05, 0.1) is 16.3 Å². The number of nitro benzene ring substituents is 1. The van der Waals surface area contributed by atoms with Crippen LogP contribution >= 0.6 is 0 Å². The molecule has 0 radical (unpaired) electrons. The van der Waals surface area contributed by atoms with E-state index in [1.165, 1.54) is 27.8 Å². The Balaban J connectivity index is 1.66. The van der Waals surface area contributed by atoms with Gasteiger partial charge in [-0.25, -0.2) is 9.48 Å². The van der Waals surface area contributed by atoms with Gasteiger partial charge in [-0.15, -0.1) is 5.10 Å². The Bertz CT molecular complexity index is 971. The molecule has 2 heterocycles.